The molecule has 0 radical (unpaired) electrons. The number of carbonyl (C=O) groups is 3. The molecule has 2 atom stereocenters. The van der Waals surface area contributed by atoms with Gasteiger partial charge in [0.2, 0.25) is 5.72 Å². The highest BCUT2D eigenvalue weighted by molar-refractivity contribution is 7.80. The zero-order valence-corrected chi connectivity index (χ0v) is 16.6. The van der Waals surface area contributed by atoms with Crippen molar-refractivity contribution in [3.05, 3.63) is 35.9 Å². The van der Waals surface area contributed by atoms with E-state index in [0.717, 1.165) is 5.56 Å². The van der Waals surface area contributed by atoms with E-state index in [0.29, 0.717) is 0 Å². The maximum absolute atomic E-state index is 12.5. The number of hydrogen-bond donors (Lipinski definition) is 4. The Morgan fingerprint density at radius 2 is 1.93 bits per heavy atom. The minimum atomic E-state index is -2.16. The summed E-state index contributed by atoms with van der Waals surface area (Å²) in [5.41, 5.74) is -2.23. The average Bonchev–Trinajstić information content (AvgIpc) is 2.83. The second-order valence-electron chi connectivity index (χ2n) is 7.26. The zero-order chi connectivity index (χ0) is 20.9. The first-order valence-corrected chi connectivity index (χ1v) is 8.95. The summed E-state index contributed by atoms with van der Waals surface area (Å²) in [5, 5.41) is 17.3. The molecule has 4 N–H and O–H groups in total. The molecule has 9 nitrogen and oxygen atoms in total. The molecular formula is C18H23N3O6S. The third kappa shape index (κ3) is 6.17. The molecule has 0 aromatic heterocycles. The minimum Gasteiger partial charge on any atom is -0.459 e. The number of amides is 2. The summed E-state index contributed by atoms with van der Waals surface area (Å²) in [4.78, 5) is 36.6. The van der Waals surface area contributed by atoms with Gasteiger partial charge < -0.3 is 25.2 Å². The fourth-order valence-electron chi connectivity index (χ4n) is 2.39. The van der Waals surface area contributed by atoms with Crippen LogP contribution in [0, 0.1) is 0 Å². The third-order valence-corrected chi connectivity index (χ3v) is 3.83. The normalized spacial score (nSPS) is 20.0. The highest BCUT2D eigenvalue weighted by Crippen LogP contribution is 2.17. The SMILES string of the molecule is CC(C)(C)OC(=O)NC(CC1(O)NC(=S)NC1=O)C(=O)OCc1ccccc1. The smallest absolute Gasteiger partial charge is 0.408 e. The van der Waals surface area contributed by atoms with E-state index >= 15 is 0 Å². The largest absolute Gasteiger partial charge is 0.459 e. The molecule has 1 fully saturated rings. The molecule has 152 valence electrons. The standard InChI is InChI=1S/C18H23N3O6S/c1-17(2,3)27-16(24)19-12(9-18(25)14(23)20-15(28)21-18)13(22)26-10-11-7-5-4-6-8-11/h4-8,12,25H,9-10H2,1-3H3,(H,19,24)(H2,20,21,23,28). The Hall–Kier alpha value is -2.72. The third-order valence-electron chi connectivity index (χ3n) is 3.62. The monoisotopic (exact) mass is 409 g/mol. The van der Waals surface area contributed by atoms with E-state index in [1.165, 1.54) is 0 Å². The number of aliphatic hydroxyl groups is 1. The lowest BCUT2D eigenvalue weighted by Gasteiger charge is -2.27. The van der Waals surface area contributed by atoms with Crippen LogP contribution in [0.2, 0.25) is 0 Å². The molecule has 1 heterocycles. The van der Waals surface area contributed by atoms with Crippen LogP contribution in [0.4, 0.5) is 4.79 Å². The molecule has 2 amide bonds. The van der Waals surface area contributed by atoms with Crippen LogP contribution in [-0.4, -0.2) is 45.6 Å². The first kappa shape index (κ1) is 21.6. The molecule has 0 aliphatic carbocycles. The van der Waals surface area contributed by atoms with Crippen molar-refractivity contribution in [2.45, 2.75) is 51.2 Å². The van der Waals surface area contributed by atoms with Gasteiger partial charge >= 0.3 is 12.1 Å². The fraction of sp³-hybridized carbons (Fsp3) is 0.444. The van der Waals surface area contributed by atoms with Gasteiger partial charge in [-0.2, -0.15) is 0 Å². The number of alkyl carbamates (subject to hydrolysis) is 1. The lowest BCUT2D eigenvalue weighted by Crippen LogP contribution is -2.55. The van der Waals surface area contributed by atoms with Crippen molar-refractivity contribution in [2.24, 2.45) is 0 Å². The fourth-order valence-corrected chi connectivity index (χ4v) is 2.66. The second kappa shape index (κ2) is 8.53. The molecule has 2 rings (SSSR count). The Balaban J connectivity index is 2.10. The summed E-state index contributed by atoms with van der Waals surface area (Å²) in [6.45, 7) is 4.94. The Bertz CT molecular complexity index is 764. The molecule has 0 spiro atoms. The molecule has 1 saturated heterocycles. The molecule has 0 bridgehead atoms. The first-order valence-electron chi connectivity index (χ1n) is 8.54. The summed E-state index contributed by atoms with van der Waals surface area (Å²) in [5.74, 6) is -1.67. The van der Waals surface area contributed by atoms with Crippen LogP contribution in [-0.2, 0) is 25.7 Å². The van der Waals surface area contributed by atoms with E-state index in [1.807, 2.05) is 6.07 Å². The molecule has 0 saturated carbocycles. The van der Waals surface area contributed by atoms with Gasteiger partial charge in [-0.15, -0.1) is 0 Å². The molecule has 10 heteroatoms. The average molecular weight is 409 g/mol. The number of esters is 1. The van der Waals surface area contributed by atoms with Gasteiger partial charge in [0.15, 0.2) is 5.11 Å². The summed E-state index contributed by atoms with van der Waals surface area (Å²) >= 11 is 4.81. The Kier molecular flexibility index (Phi) is 6.57. The van der Waals surface area contributed by atoms with E-state index in [1.54, 1.807) is 45.0 Å². The predicted molar refractivity (Wildman–Crippen MR) is 103 cm³/mol. The molecule has 28 heavy (non-hydrogen) atoms. The molecular weight excluding hydrogens is 386 g/mol. The number of thiocarbonyl (C=S) groups is 1. The molecule has 1 aromatic rings. The van der Waals surface area contributed by atoms with Crippen molar-refractivity contribution >= 4 is 35.3 Å². The van der Waals surface area contributed by atoms with Crippen LogP contribution in [0.5, 0.6) is 0 Å². The van der Waals surface area contributed by atoms with Crippen molar-refractivity contribution in [3.63, 3.8) is 0 Å². The van der Waals surface area contributed by atoms with E-state index in [-0.39, 0.29) is 11.7 Å². The summed E-state index contributed by atoms with van der Waals surface area (Å²) in [7, 11) is 0. The Morgan fingerprint density at radius 3 is 2.46 bits per heavy atom. The highest BCUT2D eigenvalue weighted by atomic mass is 32.1. The summed E-state index contributed by atoms with van der Waals surface area (Å²) in [6.07, 6.45) is -1.40. The van der Waals surface area contributed by atoms with Crippen LogP contribution in [0.1, 0.15) is 32.8 Å². The number of nitrogens with one attached hydrogen (secondary N) is 3. The van der Waals surface area contributed by atoms with Gasteiger partial charge in [-0.3, -0.25) is 10.1 Å². The summed E-state index contributed by atoms with van der Waals surface area (Å²) < 4.78 is 10.4. The van der Waals surface area contributed by atoms with E-state index < -0.39 is 41.8 Å². The van der Waals surface area contributed by atoms with Gasteiger partial charge in [-0.1, -0.05) is 30.3 Å². The summed E-state index contributed by atoms with van der Waals surface area (Å²) in [6, 6.07) is 7.57. The maximum Gasteiger partial charge on any atom is 0.408 e. The van der Waals surface area contributed by atoms with E-state index in [4.69, 9.17) is 21.7 Å². The number of rotatable bonds is 6. The van der Waals surface area contributed by atoms with Crippen molar-refractivity contribution < 1.29 is 29.0 Å². The predicted octanol–water partition coefficient (Wildman–Crippen LogP) is 0.706. The quantitative estimate of drug-likeness (QED) is 0.400. The molecule has 2 unspecified atom stereocenters. The number of benzene rings is 1. The zero-order valence-electron chi connectivity index (χ0n) is 15.8. The number of ether oxygens (including phenoxy) is 2. The Labute approximate surface area is 167 Å². The van der Waals surface area contributed by atoms with Gasteiger partial charge in [0.05, 0.1) is 0 Å². The number of hydrogen-bond acceptors (Lipinski definition) is 7. The first-order chi connectivity index (χ1) is 13.0. The van der Waals surface area contributed by atoms with Crippen molar-refractivity contribution in [2.75, 3.05) is 0 Å². The highest BCUT2D eigenvalue weighted by Gasteiger charge is 2.46. The van der Waals surface area contributed by atoms with Crippen LogP contribution < -0.4 is 16.0 Å². The lowest BCUT2D eigenvalue weighted by molar-refractivity contribution is -0.151. The topological polar surface area (TPSA) is 126 Å². The van der Waals surface area contributed by atoms with Crippen LogP contribution in [0.15, 0.2) is 30.3 Å². The van der Waals surface area contributed by atoms with Crippen LogP contribution >= 0.6 is 12.2 Å². The lowest BCUT2D eigenvalue weighted by atomic mass is 10.0. The van der Waals surface area contributed by atoms with Gasteiger partial charge in [-0.25, -0.2) is 9.59 Å². The molecule has 1 aliphatic rings. The van der Waals surface area contributed by atoms with Crippen LogP contribution in [0.25, 0.3) is 0 Å². The maximum atomic E-state index is 12.5. The minimum absolute atomic E-state index is 0.0391. The number of carbonyl (C=O) groups excluding carboxylic acids is 3. The second-order valence-corrected chi connectivity index (χ2v) is 7.67. The van der Waals surface area contributed by atoms with Crippen molar-refractivity contribution in [3.8, 4) is 0 Å². The van der Waals surface area contributed by atoms with Crippen molar-refractivity contribution in [1.82, 2.24) is 16.0 Å². The van der Waals surface area contributed by atoms with Crippen LogP contribution in [0.3, 0.4) is 0 Å². The Morgan fingerprint density at radius 1 is 1.29 bits per heavy atom. The van der Waals surface area contributed by atoms with E-state index in [2.05, 4.69) is 16.0 Å². The molecule has 1 aromatic carbocycles. The van der Waals surface area contributed by atoms with Gasteiger partial charge in [0, 0.05) is 6.42 Å². The van der Waals surface area contributed by atoms with Gasteiger partial charge in [0.25, 0.3) is 5.91 Å². The van der Waals surface area contributed by atoms with Gasteiger partial charge in [-0.05, 0) is 38.6 Å². The molecule has 1 aliphatic heterocycles. The van der Waals surface area contributed by atoms with Gasteiger partial charge in [0.1, 0.15) is 18.2 Å². The van der Waals surface area contributed by atoms with Crippen molar-refractivity contribution in [1.29, 1.82) is 0 Å². The van der Waals surface area contributed by atoms with E-state index in [9.17, 15) is 19.5 Å².